The lowest BCUT2D eigenvalue weighted by Gasteiger charge is -2.03. The molecular formula is C14H22N6O. The Kier molecular flexibility index (Phi) is 5.19. The second-order valence-corrected chi connectivity index (χ2v) is 5.39. The molecule has 0 aliphatic carbocycles. The van der Waals surface area contributed by atoms with Crippen LogP contribution in [0.25, 0.3) is 0 Å². The molecule has 0 bridgehead atoms. The van der Waals surface area contributed by atoms with Crippen molar-refractivity contribution in [2.75, 3.05) is 0 Å². The van der Waals surface area contributed by atoms with Crippen molar-refractivity contribution in [3.63, 3.8) is 0 Å². The molecule has 0 aliphatic heterocycles. The lowest BCUT2D eigenvalue weighted by molar-refractivity contribution is 0.237. The minimum absolute atomic E-state index is 0.184. The summed E-state index contributed by atoms with van der Waals surface area (Å²) < 4.78 is 2.53. The van der Waals surface area contributed by atoms with E-state index in [1.165, 1.54) is 34.9 Å². The number of carbonyl (C=O) groups is 1. The third-order valence-electron chi connectivity index (χ3n) is 3.26. The van der Waals surface area contributed by atoms with Gasteiger partial charge in [-0.15, -0.1) is 5.10 Å². The van der Waals surface area contributed by atoms with Crippen LogP contribution >= 0.6 is 0 Å². The minimum Gasteiger partial charge on any atom is -0.243 e. The van der Waals surface area contributed by atoms with E-state index in [4.69, 9.17) is 0 Å². The number of rotatable bonds is 6. The van der Waals surface area contributed by atoms with E-state index in [0.717, 1.165) is 19.3 Å². The van der Waals surface area contributed by atoms with Crippen molar-refractivity contribution in [2.24, 2.45) is 0 Å². The summed E-state index contributed by atoms with van der Waals surface area (Å²) in [5.41, 5.74) is 0. The van der Waals surface area contributed by atoms with Gasteiger partial charge in [-0.2, -0.15) is 14.5 Å². The monoisotopic (exact) mass is 290 g/mol. The minimum atomic E-state index is -0.336. The second-order valence-electron chi connectivity index (χ2n) is 5.39. The van der Waals surface area contributed by atoms with Crippen LogP contribution in [0.3, 0.4) is 0 Å². The zero-order valence-electron chi connectivity index (χ0n) is 12.9. The van der Waals surface area contributed by atoms with E-state index in [1.807, 2.05) is 13.8 Å². The standard InChI is InChI=1S/C14H22N6O/c1-4-5-6-7-8-12-17-13(11(2)3)18-20(12)14(21)19-10-15-9-16-19/h9-11H,4-8H2,1-3H3. The summed E-state index contributed by atoms with van der Waals surface area (Å²) in [6, 6.07) is -0.336. The molecule has 0 radical (unpaired) electrons. The fourth-order valence-corrected chi connectivity index (χ4v) is 2.04. The van der Waals surface area contributed by atoms with Gasteiger partial charge in [0.15, 0.2) is 5.82 Å². The average molecular weight is 290 g/mol. The van der Waals surface area contributed by atoms with Crippen LogP contribution in [0.15, 0.2) is 12.7 Å². The highest BCUT2D eigenvalue weighted by molar-refractivity contribution is 5.77. The second kappa shape index (κ2) is 7.10. The third-order valence-corrected chi connectivity index (χ3v) is 3.26. The maximum absolute atomic E-state index is 12.4. The summed E-state index contributed by atoms with van der Waals surface area (Å²) in [6.07, 6.45) is 7.98. The molecule has 0 atom stereocenters. The first-order valence-corrected chi connectivity index (χ1v) is 7.48. The summed E-state index contributed by atoms with van der Waals surface area (Å²) in [4.78, 5) is 20.7. The molecule has 0 aromatic carbocycles. The van der Waals surface area contributed by atoms with Crippen molar-refractivity contribution in [3.8, 4) is 0 Å². The lowest BCUT2D eigenvalue weighted by atomic mass is 10.1. The largest absolute Gasteiger partial charge is 0.372 e. The molecule has 0 unspecified atom stereocenters. The highest BCUT2D eigenvalue weighted by Crippen LogP contribution is 2.13. The van der Waals surface area contributed by atoms with Crippen LogP contribution in [0.4, 0.5) is 4.79 Å². The van der Waals surface area contributed by atoms with E-state index in [0.29, 0.717) is 11.6 Å². The quantitative estimate of drug-likeness (QED) is 0.764. The van der Waals surface area contributed by atoms with Gasteiger partial charge in [-0.1, -0.05) is 40.0 Å². The van der Waals surface area contributed by atoms with E-state index in [9.17, 15) is 4.79 Å². The summed E-state index contributed by atoms with van der Waals surface area (Å²) in [5, 5.41) is 8.20. The fraction of sp³-hybridized carbons (Fsp3) is 0.643. The Hall–Kier alpha value is -2.05. The van der Waals surface area contributed by atoms with Crippen molar-refractivity contribution in [3.05, 3.63) is 24.3 Å². The number of hydrogen-bond donors (Lipinski definition) is 0. The molecule has 0 aliphatic rings. The highest BCUT2D eigenvalue weighted by Gasteiger charge is 2.19. The van der Waals surface area contributed by atoms with Gasteiger partial charge in [-0.25, -0.2) is 14.8 Å². The Morgan fingerprint density at radius 2 is 2.10 bits per heavy atom. The third kappa shape index (κ3) is 3.74. The molecule has 2 aromatic rings. The predicted molar refractivity (Wildman–Crippen MR) is 78.2 cm³/mol. The van der Waals surface area contributed by atoms with Gasteiger partial charge in [-0.05, 0) is 6.42 Å². The normalized spacial score (nSPS) is 11.2. The van der Waals surface area contributed by atoms with E-state index >= 15 is 0 Å². The van der Waals surface area contributed by atoms with Crippen molar-refractivity contribution in [1.82, 2.24) is 29.5 Å². The molecule has 0 N–H and O–H groups in total. The number of unbranched alkanes of at least 4 members (excludes halogenated alkanes) is 3. The van der Waals surface area contributed by atoms with Gasteiger partial charge in [0.05, 0.1) is 0 Å². The smallest absolute Gasteiger partial charge is 0.243 e. The fourth-order valence-electron chi connectivity index (χ4n) is 2.04. The number of carbonyl (C=O) groups excluding carboxylic acids is 1. The van der Waals surface area contributed by atoms with Gasteiger partial charge in [0.1, 0.15) is 18.5 Å². The van der Waals surface area contributed by atoms with E-state index < -0.39 is 0 Å². The van der Waals surface area contributed by atoms with E-state index in [2.05, 4.69) is 27.1 Å². The van der Waals surface area contributed by atoms with Crippen molar-refractivity contribution in [2.45, 2.75) is 58.8 Å². The van der Waals surface area contributed by atoms with Gasteiger partial charge >= 0.3 is 6.03 Å². The molecule has 2 rings (SSSR count). The van der Waals surface area contributed by atoms with Crippen molar-refractivity contribution >= 4 is 6.03 Å². The SMILES string of the molecule is CCCCCCc1nc(C(C)C)nn1C(=O)n1cncn1. The van der Waals surface area contributed by atoms with Gasteiger partial charge < -0.3 is 0 Å². The molecule has 2 heterocycles. The average Bonchev–Trinajstić information content (AvgIpc) is 3.12. The van der Waals surface area contributed by atoms with Crippen LogP contribution < -0.4 is 0 Å². The van der Waals surface area contributed by atoms with Crippen LogP contribution in [0.1, 0.15) is 64.0 Å². The Balaban J connectivity index is 2.19. The number of aromatic nitrogens is 6. The summed E-state index contributed by atoms with van der Waals surface area (Å²) in [5.74, 6) is 1.58. The molecule has 7 nitrogen and oxygen atoms in total. The molecule has 0 spiro atoms. The van der Waals surface area contributed by atoms with Crippen LogP contribution in [-0.2, 0) is 6.42 Å². The van der Waals surface area contributed by atoms with Gasteiger partial charge in [0.2, 0.25) is 0 Å². The molecule has 0 amide bonds. The van der Waals surface area contributed by atoms with Crippen LogP contribution in [-0.4, -0.2) is 35.6 Å². The zero-order chi connectivity index (χ0) is 15.2. The van der Waals surface area contributed by atoms with Crippen molar-refractivity contribution < 1.29 is 4.79 Å². The maximum atomic E-state index is 12.4. The Morgan fingerprint density at radius 3 is 2.71 bits per heavy atom. The predicted octanol–water partition coefficient (Wildman–Crippen LogP) is 2.63. The molecule has 21 heavy (non-hydrogen) atoms. The summed E-state index contributed by atoms with van der Waals surface area (Å²) >= 11 is 0. The summed E-state index contributed by atoms with van der Waals surface area (Å²) in [6.45, 7) is 6.20. The molecule has 114 valence electrons. The van der Waals surface area contributed by atoms with Crippen LogP contribution in [0.2, 0.25) is 0 Å². The first kappa shape index (κ1) is 15.3. The van der Waals surface area contributed by atoms with Gasteiger partial charge in [-0.3, -0.25) is 0 Å². The lowest BCUT2D eigenvalue weighted by Crippen LogP contribution is -2.23. The summed E-state index contributed by atoms with van der Waals surface area (Å²) in [7, 11) is 0. The molecule has 0 saturated heterocycles. The highest BCUT2D eigenvalue weighted by atomic mass is 16.2. The van der Waals surface area contributed by atoms with Crippen LogP contribution in [0.5, 0.6) is 0 Å². The van der Waals surface area contributed by atoms with Gasteiger partial charge in [0.25, 0.3) is 0 Å². The van der Waals surface area contributed by atoms with E-state index in [1.54, 1.807) is 0 Å². The zero-order valence-corrected chi connectivity index (χ0v) is 12.9. The molecular weight excluding hydrogens is 268 g/mol. The van der Waals surface area contributed by atoms with Crippen molar-refractivity contribution in [1.29, 1.82) is 0 Å². The molecule has 0 saturated carbocycles. The Morgan fingerprint density at radius 1 is 1.29 bits per heavy atom. The number of aryl methyl sites for hydroxylation is 1. The first-order chi connectivity index (χ1) is 10.1. The topological polar surface area (TPSA) is 78.5 Å². The molecule has 7 heteroatoms. The Labute approximate surface area is 124 Å². The number of hydrogen-bond acceptors (Lipinski definition) is 5. The van der Waals surface area contributed by atoms with Crippen LogP contribution in [0, 0.1) is 0 Å². The van der Waals surface area contributed by atoms with Gasteiger partial charge in [0, 0.05) is 12.3 Å². The molecule has 0 fully saturated rings. The van der Waals surface area contributed by atoms with E-state index in [-0.39, 0.29) is 11.9 Å². The number of nitrogens with zero attached hydrogens (tertiary/aromatic N) is 6. The Bertz CT molecular complexity index is 572. The first-order valence-electron chi connectivity index (χ1n) is 7.48. The molecule has 2 aromatic heterocycles. The maximum Gasteiger partial charge on any atom is 0.372 e.